The van der Waals surface area contributed by atoms with Gasteiger partial charge in [-0.1, -0.05) is 6.92 Å². The summed E-state index contributed by atoms with van der Waals surface area (Å²) in [6, 6.07) is 0. The van der Waals surface area contributed by atoms with Crippen molar-refractivity contribution in [3.05, 3.63) is 22.7 Å². The zero-order chi connectivity index (χ0) is 13.1. The zero-order valence-electron chi connectivity index (χ0n) is 11.0. The van der Waals surface area contributed by atoms with E-state index in [0.29, 0.717) is 5.82 Å². The molecule has 1 saturated heterocycles. The standard InChI is InChI=1S/C13H21N3O2/c1-3-6-15-8-5-14-12(13(15)18)16-7-4-11(9-16)10(2)17/h5,8,10-11,17H,3-4,6-7,9H2,1-2H3. The van der Waals surface area contributed by atoms with E-state index in [1.54, 1.807) is 17.0 Å². The molecule has 18 heavy (non-hydrogen) atoms. The van der Waals surface area contributed by atoms with E-state index in [-0.39, 0.29) is 17.6 Å². The number of anilines is 1. The minimum absolute atomic E-state index is 0.0226. The van der Waals surface area contributed by atoms with Crippen molar-refractivity contribution < 1.29 is 5.11 Å². The van der Waals surface area contributed by atoms with Crippen molar-refractivity contribution in [2.24, 2.45) is 5.92 Å². The van der Waals surface area contributed by atoms with Crippen molar-refractivity contribution in [2.45, 2.75) is 39.3 Å². The summed E-state index contributed by atoms with van der Waals surface area (Å²) in [5, 5.41) is 9.59. The van der Waals surface area contributed by atoms with Crippen LogP contribution in [0.3, 0.4) is 0 Å². The van der Waals surface area contributed by atoms with Crippen LogP contribution in [0.1, 0.15) is 26.7 Å². The number of nitrogens with zero attached hydrogens (tertiary/aromatic N) is 3. The predicted molar refractivity (Wildman–Crippen MR) is 70.8 cm³/mol. The summed E-state index contributed by atoms with van der Waals surface area (Å²) in [5.74, 6) is 0.764. The molecule has 0 saturated carbocycles. The van der Waals surface area contributed by atoms with E-state index >= 15 is 0 Å². The first-order chi connectivity index (χ1) is 8.63. The van der Waals surface area contributed by atoms with Crippen molar-refractivity contribution >= 4 is 5.82 Å². The van der Waals surface area contributed by atoms with E-state index in [4.69, 9.17) is 0 Å². The van der Waals surface area contributed by atoms with Crippen LogP contribution in [0.5, 0.6) is 0 Å². The Hall–Kier alpha value is -1.36. The molecule has 2 atom stereocenters. The van der Waals surface area contributed by atoms with Gasteiger partial charge in [-0.2, -0.15) is 0 Å². The summed E-state index contributed by atoms with van der Waals surface area (Å²) in [4.78, 5) is 18.4. The van der Waals surface area contributed by atoms with Gasteiger partial charge in [-0.25, -0.2) is 4.98 Å². The van der Waals surface area contributed by atoms with E-state index in [2.05, 4.69) is 4.98 Å². The number of hydrogen-bond acceptors (Lipinski definition) is 4. The molecular formula is C13H21N3O2. The third-order valence-corrected chi connectivity index (χ3v) is 3.57. The van der Waals surface area contributed by atoms with Crippen LogP contribution in [0.4, 0.5) is 5.82 Å². The van der Waals surface area contributed by atoms with Gasteiger partial charge < -0.3 is 14.6 Å². The lowest BCUT2D eigenvalue weighted by molar-refractivity contribution is 0.136. The highest BCUT2D eigenvalue weighted by molar-refractivity contribution is 5.37. The third kappa shape index (κ3) is 2.56. The van der Waals surface area contributed by atoms with Gasteiger partial charge in [-0.3, -0.25) is 4.79 Å². The van der Waals surface area contributed by atoms with Gasteiger partial charge in [-0.15, -0.1) is 0 Å². The quantitative estimate of drug-likeness (QED) is 0.862. The van der Waals surface area contributed by atoms with Gasteiger partial charge in [0.05, 0.1) is 6.10 Å². The molecule has 100 valence electrons. The lowest BCUT2D eigenvalue weighted by atomic mass is 10.0. The smallest absolute Gasteiger partial charge is 0.293 e. The number of rotatable bonds is 4. The van der Waals surface area contributed by atoms with Gasteiger partial charge in [0, 0.05) is 37.9 Å². The third-order valence-electron chi connectivity index (χ3n) is 3.57. The number of aromatic nitrogens is 2. The molecule has 5 nitrogen and oxygen atoms in total. The van der Waals surface area contributed by atoms with Gasteiger partial charge in [0.2, 0.25) is 0 Å². The first-order valence-electron chi connectivity index (χ1n) is 6.62. The second kappa shape index (κ2) is 5.52. The zero-order valence-corrected chi connectivity index (χ0v) is 11.0. The molecule has 0 radical (unpaired) electrons. The topological polar surface area (TPSA) is 58.4 Å². The van der Waals surface area contributed by atoms with Crippen LogP contribution in [0.25, 0.3) is 0 Å². The molecule has 5 heteroatoms. The molecule has 0 amide bonds. The molecule has 0 spiro atoms. The highest BCUT2D eigenvalue weighted by Gasteiger charge is 2.28. The second-order valence-corrected chi connectivity index (χ2v) is 4.98. The van der Waals surface area contributed by atoms with Crippen LogP contribution in [-0.4, -0.2) is 33.9 Å². The largest absolute Gasteiger partial charge is 0.393 e. The monoisotopic (exact) mass is 251 g/mol. The summed E-state index contributed by atoms with van der Waals surface area (Å²) in [6.45, 7) is 6.10. The minimum Gasteiger partial charge on any atom is -0.393 e. The molecule has 0 aliphatic carbocycles. The molecule has 1 fully saturated rings. The van der Waals surface area contributed by atoms with E-state index in [1.807, 2.05) is 18.7 Å². The number of aryl methyl sites for hydroxylation is 1. The van der Waals surface area contributed by atoms with Crippen LogP contribution < -0.4 is 10.5 Å². The highest BCUT2D eigenvalue weighted by atomic mass is 16.3. The summed E-state index contributed by atoms with van der Waals surface area (Å²) in [6.07, 6.45) is 4.94. The fraction of sp³-hybridized carbons (Fsp3) is 0.692. The number of aliphatic hydroxyl groups is 1. The molecule has 0 aromatic carbocycles. The maximum Gasteiger partial charge on any atom is 0.293 e. The van der Waals surface area contributed by atoms with Gasteiger partial charge in [0.15, 0.2) is 5.82 Å². The molecule has 1 aromatic rings. The van der Waals surface area contributed by atoms with E-state index in [0.717, 1.165) is 32.5 Å². The molecule has 0 bridgehead atoms. The fourth-order valence-electron chi connectivity index (χ4n) is 2.44. The first-order valence-corrected chi connectivity index (χ1v) is 6.62. The Balaban J connectivity index is 2.20. The SMILES string of the molecule is CCCn1ccnc(N2CCC(C(C)O)C2)c1=O. The van der Waals surface area contributed by atoms with Gasteiger partial charge in [0.25, 0.3) is 5.56 Å². The molecule has 1 aliphatic heterocycles. The Bertz CT molecular complexity index is 456. The Morgan fingerprint density at radius 3 is 3.00 bits per heavy atom. The van der Waals surface area contributed by atoms with Crippen molar-refractivity contribution in [2.75, 3.05) is 18.0 Å². The van der Waals surface area contributed by atoms with Crippen molar-refractivity contribution in [1.29, 1.82) is 0 Å². The molecular weight excluding hydrogens is 230 g/mol. The van der Waals surface area contributed by atoms with Crippen molar-refractivity contribution in [3.63, 3.8) is 0 Å². The van der Waals surface area contributed by atoms with E-state index in [1.165, 1.54) is 0 Å². The van der Waals surface area contributed by atoms with Crippen LogP contribution in [0.15, 0.2) is 17.2 Å². The summed E-state index contributed by atoms with van der Waals surface area (Å²) < 4.78 is 1.71. The Morgan fingerprint density at radius 1 is 1.61 bits per heavy atom. The number of aliphatic hydroxyl groups excluding tert-OH is 1. The summed E-state index contributed by atoms with van der Waals surface area (Å²) in [5.41, 5.74) is -0.0226. The van der Waals surface area contributed by atoms with E-state index in [9.17, 15) is 9.90 Å². The highest BCUT2D eigenvalue weighted by Crippen LogP contribution is 2.22. The van der Waals surface area contributed by atoms with Gasteiger partial charge in [-0.05, 0) is 19.8 Å². The Kier molecular flexibility index (Phi) is 4.01. The molecule has 2 unspecified atom stereocenters. The van der Waals surface area contributed by atoms with Gasteiger partial charge in [0.1, 0.15) is 0 Å². The van der Waals surface area contributed by atoms with Crippen LogP contribution in [0, 0.1) is 5.92 Å². The van der Waals surface area contributed by atoms with Crippen LogP contribution in [-0.2, 0) is 6.54 Å². The molecule has 1 aromatic heterocycles. The average molecular weight is 251 g/mol. The van der Waals surface area contributed by atoms with Gasteiger partial charge >= 0.3 is 0 Å². The average Bonchev–Trinajstić information content (AvgIpc) is 2.81. The minimum atomic E-state index is -0.323. The second-order valence-electron chi connectivity index (χ2n) is 4.98. The van der Waals surface area contributed by atoms with E-state index < -0.39 is 0 Å². The van der Waals surface area contributed by atoms with Crippen molar-refractivity contribution in [3.8, 4) is 0 Å². The first kappa shape index (κ1) is 13.1. The summed E-state index contributed by atoms with van der Waals surface area (Å²) in [7, 11) is 0. The summed E-state index contributed by atoms with van der Waals surface area (Å²) >= 11 is 0. The Morgan fingerprint density at radius 2 is 2.39 bits per heavy atom. The lowest BCUT2D eigenvalue weighted by Crippen LogP contribution is -2.32. The molecule has 2 heterocycles. The predicted octanol–water partition coefficient (Wildman–Crippen LogP) is 0.860. The molecule has 2 rings (SSSR count). The van der Waals surface area contributed by atoms with Crippen LogP contribution >= 0.6 is 0 Å². The maximum absolute atomic E-state index is 12.2. The number of hydrogen-bond donors (Lipinski definition) is 1. The lowest BCUT2D eigenvalue weighted by Gasteiger charge is -2.18. The maximum atomic E-state index is 12.2. The fourth-order valence-corrected chi connectivity index (χ4v) is 2.44. The Labute approximate surface area is 107 Å². The molecule has 1 N–H and O–H groups in total. The van der Waals surface area contributed by atoms with Crippen molar-refractivity contribution in [1.82, 2.24) is 9.55 Å². The van der Waals surface area contributed by atoms with Crippen LogP contribution in [0.2, 0.25) is 0 Å². The normalized spacial score (nSPS) is 21.3. The molecule has 1 aliphatic rings.